The van der Waals surface area contributed by atoms with Gasteiger partial charge in [-0.2, -0.15) is 5.10 Å². The average molecular weight is 493 g/mol. The van der Waals surface area contributed by atoms with Crippen LogP contribution in [-0.2, 0) is 6.54 Å². The SMILES string of the molecule is Cc1cc(C)n(CCN(C(=O)c2cc3ccccc3oc2=O)c2nc3c(C)c(Cl)ccc3s2)n1. The highest BCUT2D eigenvalue weighted by Gasteiger charge is 2.25. The molecular formula is C25H21ClN4O3S. The standard InChI is InChI=1S/C25H21ClN4O3S/c1-14-12-15(2)30(28-14)11-10-29(25-27-22-16(3)19(26)8-9-21(22)34-25)23(31)18-13-17-6-4-5-7-20(17)33-24(18)32/h4-9,12-13H,10-11H2,1-3H3. The molecule has 9 heteroatoms. The fraction of sp³-hybridized carbons (Fsp3) is 0.200. The largest absolute Gasteiger partial charge is 0.422 e. The minimum absolute atomic E-state index is 0.0407. The molecule has 1 amide bonds. The highest BCUT2D eigenvalue weighted by atomic mass is 35.5. The molecule has 0 radical (unpaired) electrons. The van der Waals surface area contributed by atoms with E-state index in [2.05, 4.69) is 5.10 Å². The van der Waals surface area contributed by atoms with Crippen molar-refractivity contribution in [3.05, 3.63) is 86.5 Å². The van der Waals surface area contributed by atoms with Crippen LogP contribution in [-0.4, -0.2) is 27.2 Å². The Morgan fingerprint density at radius 3 is 2.71 bits per heavy atom. The van der Waals surface area contributed by atoms with Gasteiger partial charge in [0.15, 0.2) is 5.13 Å². The fourth-order valence-corrected chi connectivity index (χ4v) is 5.14. The summed E-state index contributed by atoms with van der Waals surface area (Å²) in [5, 5.41) is 6.27. The number of thiazole rings is 1. The Balaban J connectivity index is 1.59. The number of hydrogen-bond donors (Lipinski definition) is 0. The Morgan fingerprint density at radius 1 is 1.15 bits per heavy atom. The van der Waals surface area contributed by atoms with E-state index in [-0.39, 0.29) is 12.1 Å². The summed E-state index contributed by atoms with van der Waals surface area (Å²) in [4.78, 5) is 32.7. The number of aryl methyl sites for hydroxylation is 3. The number of rotatable bonds is 5. The normalized spacial score (nSPS) is 11.4. The van der Waals surface area contributed by atoms with Crippen molar-refractivity contribution >= 4 is 55.2 Å². The molecule has 0 atom stereocenters. The summed E-state index contributed by atoms with van der Waals surface area (Å²) in [6.45, 7) is 6.51. The smallest absolute Gasteiger partial charge is 0.349 e. The summed E-state index contributed by atoms with van der Waals surface area (Å²) in [6, 6.07) is 14.4. The number of anilines is 1. The lowest BCUT2D eigenvalue weighted by molar-refractivity contribution is 0.0982. The van der Waals surface area contributed by atoms with Crippen LogP contribution >= 0.6 is 22.9 Å². The molecule has 0 saturated heterocycles. The molecule has 0 aliphatic carbocycles. The van der Waals surface area contributed by atoms with Crippen molar-refractivity contribution in [2.75, 3.05) is 11.4 Å². The van der Waals surface area contributed by atoms with Crippen molar-refractivity contribution in [2.45, 2.75) is 27.3 Å². The Bertz CT molecular complexity index is 1620. The number of fused-ring (bicyclic) bond motifs is 2. The summed E-state index contributed by atoms with van der Waals surface area (Å²) in [5.74, 6) is -0.469. The molecule has 2 aromatic carbocycles. The molecule has 5 aromatic rings. The molecule has 5 rings (SSSR count). The number of benzene rings is 2. The Labute approximate surface area is 204 Å². The molecule has 0 bridgehead atoms. The number of para-hydroxylation sites is 1. The van der Waals surface area contributed by atoms with Crippen molar-refractivity contribution in [1.29, 1.82) is 0 Å². The molecule has 0 aliphatic heterocycles. The van der Waals surface area contributed by atoms with Gasteiger partial charge in [0, 0.05) is 22.6 Å². The second-order valence-corrected chi connectivity index (χ2v) is 9.52. The number of amides is 1. The van der Waals surface area contributed by atoms with E-state index in [0.29, 0.717) is 27.7 Å². The van der Waals surface area contributed by atoms with Crippen molar-refractivity contribution in [2.24, 2.45) is 0 Å². The number of aromatic nitrogens is 3. The van der Waals surface area contributed by atoms with Gasteiger partial charge in [0.2, 0.25) is 0 Å². The maximum atomic E-state index is 13.7. The maximum absolute atomic E-state index is 13.7. The summed E-state index contributed by atoms with van der Waals surface area (Å²) in [6.07, 6.45) is 0. The van der Waals surface area contributed by atoms with Crippen LogP contribution in [0.25, 0.3) is 21.2 Å². The lowest BCUT2D eigenvalue weighted by atomic mass is 10.1. The third kappa shape index (κ3) is 3.99. The first-order valence-electron chi connectivity index (χ1n) is 10.7. The van der Waals surface area contributed by atoms with Crippen molar-refractivity contribution in [3.63, 3.8) is 0 Å². The topological polar surface area (TPSA) is 81.2 Å². The number of halogens is 1. The molecule has 3 heterocycles. The van der Waals surface area contributed by atoms with Gasteiger partial charge >= 0.3 is 5.63 Å². The van der Waals surface area contributed by atoms with E-state index in [9.17, 15) is 9.59 Å². The minimum atomic E-state index is -0.680. The van der Waals surface area contributed by atoms with E-state index >= 15 is 0 Å². The summed E-state index contributed by atoms with van der Waals surface area (Å²) in [5.41, 5.74) is 3.18. The molecule has 0 spiro atoms. The molecular weight excluding hydrogens is 472 g/mol. The lowest BCUT2D eigenvalue weighted by Crippen LogP contribution is -2.36. The van der Waals surface area contributed by atoms with Gasteiger partial charge in [0.25, 0.3) is 5.91 Å². The van der Waals surface area contributed by atoms with Crippen molar-refractivity contribution in [1.82, 2.24) is 14.8 Å². The van der Waals surface area contributed by atoms with Gasteiger partial charge < -0.3 is 4.42 Å². The third-order valence-electron chi connectivity index (χ3n) is 5.72. The molecule has 0 aliphatic rings. The molecule has 0 fully saturated rings. The van der Waals surface area contributed by atoms with Gasteiger partial charge in [0.05, 0.1) is 22.5 Å². The highest BCUT2D eigenvalue weighted by molar-refractivity contribution is 7.22. The zero-order valence-electron chi connectivity index (χ0n) is 18.8. The lowest BCUT2D eigenvalue weighted by Gasteiger charge is -2.20. The molecule has 0 unspecified atom stereocenters. The Morgan fingerprint density at radius 2 is 1.94 bits per heavy atom. The van der Waals surface area contributed by atoms with Crippen molar-refractivity contribution < 1.29 is 9.21 Å². The van der Waals surface area contributed by atoms with Gasteiger partial charge in [-0.25, -0.2) is 9.78 Å². The van der Waals surface area contributed by atoms with E-state index in [4.69, 9.17) is 21.0 Å². The fourth-order valence-electron chi connectivity index (χ4n) is 3.94. The molecule has 172 valence electrons. The molecule has 3 aromatic heterocycles. The molecule has 0 saturated carbocycles. The van der Waals surface area contributed by atoms with Gasteiger partial charge in [-0.05, 0) is 56.7 Å². The van der Waals surface area contributed by atoms with E-state index in [0.717, 1.165) is 27.2 Å². The van der Waals surface area contributed by atoms with Crippen LogP contribution in [0.3, 0.4) is 0 Å². The quantitative estimate of drug-likeness (QED) is 0.301. The summed E-state index contributed by atoms with van der Waals surface area (Å²) < 4.78 is 8.17. The van der Waals surface area contributed by atoms with Crippen LogP contribution < -0.4 is 10.5 Å². The average Bonchev–Trinajstić information content (AvgIpc) is 3.38. The van der Waals surface area contributed by atoms with E-state index in [1.807, 2.05) is 49.7 Å². The monoisotopic (exact) mass is 492 g/mol. The van der Waals surface area contributed by atoms with Crippen LogP contribution in [0.5, 0.6) is 0 Å². The van der Waals surface area contributed by atoms with Crippen LogP contribution in [0.15, 0.2) is 57.7 Å². The maximum Gasteiger partial charge on any atom is 0.349 e. The molecule has 7 nitrogen and oxygen atoms in total. The van der Waals surface area contributed by atoms with Crippen LogP contribution in [0, 0.1) is 20.8 Å². The van der Waals surface area contributed by atoms with Crippen molar-refractivity contribution in [3.8, 4) is 0 Å². The number of nitrogens with zero attached hydrogens (tertiary/aromatic N) is 4. The van der Waals surface area contributed by atoms with Crippen LogP contribution in [0.2, 0.25) is 5.02 Å². The predicted molar refractivity (Wildman–Crippen MR) is 135 cm³/mol. The van der Waals surface area contributed by atoms with Gasteiger partial charge in [-0.1, -0.05) is 41.1 Å². The Hall–Kier alpha value is -3.49. The zero-order valence-corrected chi connectivity index (χ0v) is 20.4. The molecule has 34 heavy (non-hydrogen) atoms. The van der Waals surface area contributed by atoms with Gasteiger partial charge in [0.1, 0.15) is 11.1 Å². The summed E-state index contributed by atoms with van der Waals surface area (Å²) >= 11 is 7.67. The van der Waals surface area contributed by atoms with Gasteiger partial charge in [-0.15, -0.1) is 0 Å². The first-order chi connectivity index (χ1) is 16.3. The first kappa shape index (κ1) is 22.3. The number of carbonyl (C=O) groups excluding carboxylic acids is 1. The van der Waals surface area contributed by atoms with E-state index < -0.39 is 11.5 Å². The second kappa shape index (κ2) is 8.70. The highest BCUT2D eigenvalue weighted by Crippen LogP contribution is 2.34. The predicted octanol–water partition coefficient (Wildman–Crippen LogP) is 5.52. The molecule has 0 N–H and O–H groups in total. The number of hydrogen-bond acceptors (Lipinski definition) is 6. The number of carbonyl (C=O) groups is 1. The van der Waals surface area contributed by atoms with Crippen LogP contribution in [0.4, 0.5) is 5.13 Å². The van der Waals surface area contributed by atoms with E-state index in [1.54, 1.807) is 24.3 Å². The first-order valence-corrected chi connectivity index (χ1v) is 11.9. The zero-order chi connectivity index (χ0) is 24.0. The van der Waals surface area contributed by atoms with Gasteiger partial charge in [-0.3, -0.25) is 14.4 Å². The third-order valence-corrected chi connectivity index (χ3v) is 7.18. The Kier molecular flexibility index (Phi) is 5.71. The van der Waals surface area contributed by atoms with Crippen LogP contribution in [0.1, 0.15) is 27.3 Å². The van der Waals surface area contributed by atoms with E-state index in [1.165, 1.54) is 16.2 Å². The summed E-state index contributed by atoms with van der Waals surface area (Å²) in [7, 11) is 0. The second-order valence-electron chi connectivity index (χ2n) is 8.11. The minimum Gasteiger partial charge on any atom is -0.422 e.